The number of fused-ring (bicyclic) bond motifs is 2. The molecule has 58 heavy (non-hydrogen) atoms. The van der Waals surface area contributed by atoms with E-state index in [-0.39, 0.29) is 22.9 Å². The minimum absolute atomic E-state index is 0.0265. The van der Waals surface area contributed by atoms with Gasteiger partial charge in [-0.2, -0.15) is 18.3 Å². The normalized spacial score (nSPS) is 14.3. The summed E-state index contributed by atoms with van der Waals surface area (Å²) < 4.78 is 80.8. The van der Waals surface area contributed by atoms with Crippen molar-refractivity contribution in [3.63, 3.8) is 0 Å². The van der Waals surface area contributed by atoms with Crippen LogP contribution in [0.5, 0.6) is 5.75 Å². The number of hydrogen-bond donors (Lipinski definition) is 2. The fourth-order valence-electron chi connectivity index (χ4n) is 7.69. The number of hydrogen-bond acceptors (Lipinski definition) is 6. The molecule has 16 heteroatoms. The molecule has 0 spiro atoms. The van der Waals surface area contributed by atoms with Gasteiger partial charge in [-0.25, -0.2) is 23.0 Å². The Labute approximate surface area is 336 Å². The Bertz CT molecular complexity index is 2610. The van der Waals surface area contributed by atoms with Gasteiger partial charge in [-0.1, -0.05) is 55.8 Å². The fraction of sp³-hybridized carbons (Fsp3) is 0.286. The van der Waals surface area contributed by atoms with Crippen molar-refractivity contribution >= 4 is 36.4 Å². The summed E-state index contributed by atoms with van der Waals surface area (Å²) in [5.41, 5.74) is 6.22. The zero-order chi connectivity index (χ0) is 41.9. The van der Waals surface area contributed by atoms with Gasteiger partial charge >= 0.3 is 20.1 Å². The Balaban J connectivity index is 1.30. The lowest BCUT2D eigenvalue weighted by atomic mass is 9.96. The van der Waals surface area contributed by atoms with Crippen LogP contribution in [-0.2, 0) is 53.6 Å². The Kier molecular flexibility index (Phi) is 10.9. The van der Waals surface area contributed by atoms with E-state index >= 15 is 4.39 Å². The van der Waals surface area contributed by atoms with Crippen LogP contribution in [0.4, 0.5) is 22.4 Å². The molecule has 1 aliphatic rings. The van der Waals surface area contributed by atoms with Crippen LogP contribution in [0.1, 0.15) is 72.3 Å². The molecule has 2 aromatic heterocycles. The van der Waals surface area contributed by atoms with E-state index in [1.54, 1.807) is 19.1 Å². The summed E-state index contributed by atoms with van der Waals surface area (Å²) in [4.78, 5) is 34.0. The summed E-state index contributed by atoms with van der Waals surface area (Å²) in [6.07, 6.45) is -2.50. The third-order valence-corrected chi connectivity index (χ3v) is 11.5. The second kappa shape index (κ2) is 15.3. The lowest BCUT2D eigenvalue weighted by molar-refractivity contribution is -0.137. The molecule has 3 heterocycles. The number of halogens is 5. The number of carbonyl (C=O) groups is 1. The molecule has 304 valence electrons. The maximum Gasteiger partial charge on any atom is 0.524 e. The largest absolute Gasteiger partial charge is 0.524 e. The highest BCUT2D eigenvalue weighted by molar-refractivity contribution is 7.46. The van der Waals surface area contributed by atoms with Gasteiger partial charge in [0.25, 0.3) is 0 Å². The predicted molar refractivity (Wildman–Crippen MR) is 211 cm³/mol. The summed E-state index contributed by atoms with van der Waals surface area (Å²) in [6, 6.07) is 18.5. The molecule has 0 bridgehead atoms. The van der Waals surface area contributed by atoms with Crippen molar-refractivity contribution < 1.29 is 46.0 Å². The molecule has 0 saturated carbocycles. The van der Waals surface area contributed by atoms with E-state index in [1.807, 2.05) is 36.7 Å². The monoisotopic (exact) mass is 838 g/mol. The molecular formula is C42H40ClF4N4O6P. The fourth-order valence-corrected chi connectivity index (χ4v) is 8.40. The van der Waals surface area contributed by atoms with Crippen molar-refractivity contribution in [2.45, 2.75) is 78.9 Å². The highest BCUT2D eigenvalue weighted by atomic mass is 35.5. The molecule has 2 N–H and O–H groups in total. The van der Waals surface area contributed by atoms with Crippen molar-refractivity contribution in [1.82, 2.24) is 19.2 Å². The highest BCUT2D eigenvalue weighted by Gasteiger charge is 2.44. The first-order valence-corrected chi connectivity index (χ1v) is 20.4. The molecule has 0 fully saturated rings. The SMILES string of the molecule is CCc1cccc(CC)c1-n1nc2c(c1-c1ccc(F)c3c1ccn3C(=O)OCc1ccc(OP(=O)(O)O)c(Cl)c1)CN(Cc1ccc(C(F)(F)F)cc1C)C2(C)C. The topological polar surface area (TPSA) is 119 Å². The van der Waals surface area contributed by atoms with E-state index in [0.29, 0.717) is 53.7 Å². The first-order chi connectivity index (χ1) is 27.3. The number of rotatable bonds is 10. The Morgan fingerprint density at radius 2 is 1.69 bits per heavy atom. The second-order valence-corrected chi connectivity index (χ2v) is 16.3. The maximum absolute atomic E-state index is 15.9. The zero-order valence-corrected chi connectivity index (χ0v) is 33.8. The number of phosphoric ester groups is 1. The summed E-state index contributed by atoms with van der Waals surface area (Å²) in [5.74, 6) is -0.927. The summed E-state index contributed by atoms with van der Waals surface area (Å²) >= 11 is 6.13. The van der Waals surface area contributed by atoms with E-state index in [4.69, 9.17) is 31.2 Å². The molecule has 6 aromatic rings. The lowest BCUT2D eigenvalue weighted by Gasteiger charge is -2.32. The molecular weight excluding hydrogens is 799 g/mol. The third-order valence-electron chi connectivity index (χ3n) is 10.7. The van der Waals surface area contributed by atoms with Crippen molar-refractivity contribution in [2.24, 2.45) is 0 Å². The number of aromatic nitrogens is 3. The van der Waals surface area contributed by atoms with Crippen molar-refractivity contribution in [1.29, 1.82) is 0 Å². The lowest BCUT2D eigenvalue weighted by Crippen LogP contribution is -2.36. The number of aryl methyl sites for hydroxylation is 3. The van der Waals surface area contributed by atoms with Gasteiger partial charge in [0.2, 0.25) is 0 Å². The van der Waals surface area contributed by atoms with E-state index in [1.165, 1.54) is 36.5 Å². The first-order valence-electron chi connectivity index (χ1n) is 18.5. The van der Waals surface area contributed by atoms with E-state index in [2.05, 4.69) is 23.3 Å². The van der Waals surface area contributed by atoms with Crippen LogP contribution in [0.25, 0.3) is 27.8 Å². The molecule has 7 rings (SSSR count). The van der Waals surface area contributed by atoms with Gasteiger partial charge in [0.1, 0.15) is 18.2 Å². The number of nitrogens with zero attached hydrogens (tertiary/aromatic N) is 4. The molecule has 10 nitrogen and oxygen atoms in total. The molecule has 0 amide bonds. The van der Waals surface area contributed by atoms with Crippen LogP contribution in [-0.4, -0.2) is 35.1 Å². The van der Waals surface area contributed by atoms with E-state index in [0.717, 1.165) is 50.3 Å². The first kappa shape index (κ1) is 41.2. The zero-order valence-electron chi connectivity index (χ0n) is 32.2. The van der Waals surface area contributed by atoms with Crippen LogP contribution >= 0.6 is 19.4 Å². The van der Waals surface area contributed by atoms with Crippen LogP contribution < -0.4 is 4.52 Å². The number of para-hydroxylation sites is 1. The average molecular weight is 839 g/mol. The molecule has 0 unspecified atom stereocenters. The molecule has 0 aliphatic carbocycles. The van der Waals surface area contributed by atoms with Crippen molar-refractivity contribution in [3.8, 4) is 22.7 Å². The predicted octanol–water partition coefficient (Wildman–Crippen LogP) is 10.6. The minimum Gasteiger partial charge on any atom is -0.444 e. The highest BCUT2D eigenvalue weighted by Crippen LogP contribution is 2.47. The average Bonchev–Trinajstić information content (AvgIpc) is 3.84. The Hall–Kier alpha value is -4.98. The molecule has 0 radical (unpaired) electrons. The summed E-state index contributed by atoms with van der Waals surface area (Å²) in [5, 5.41) is 5.61. The van der Waals surface area contributed by atoms with E-state index < -0.39 is 37.0 Å². The summed E-state index contributed by atoms with van der Waals surface area (Å²) in [6.45, 7) is 10.3. The minimum atomic E-state index is -4.86. The maximum atomic E-state index is 15.9. The van der Waals surface area contributed by atoms with Crippen LogP contribution in [0, 0.1) is 12.7 Å². The van der Waals surface area contributed by atoms with Crippen LogP contribution in [0.2, 0.25) is 5.02 Å². The van der Waals surface area contributed by atoms with Crippen molar-refractivity contribution in [3.05, 3.63) is 134 Å². The second-order valence-electron chi connectivity index (χ2n) is 14.7. The third kappa shape index (κ3) is 7.67. The van der Waals surface area contributed by atoms with Crippen molar-refractivity contribution in [2.75, 3.05) is 0 Å². The number of ether oxygens (including phenoxy) is 1. The van der Waals surface area contributed by atoms with Gasteiger partial charge in [0.05, 0.1) is 38.7 Å². The Morgan fingerprint density at radius 3 is 2.31 bits per heavy atom. The number of alkyl halides is 3. The molecule has 0 atom stereocenters. The standard InChI is InChI=1S/C42H40ClF4N4O6P/c1-6-26-9-8-10-27(7-2)36(26)51-37(32-22-49(41(4,5)39(32)48-51)21-28-12-13-29(19-24(28)3)42(45,46)47)30-14-15-34(44)38-31(30)17-18-50(38)40(52)56-23-25-11-16-35(33(43)20-25)57-58(53,54)55/h8-20H,6-7,21-23H2,1-5H3,(H2,53,54,55). The Morgan fingerprint density at radius 1 is 0.983 bits per heavy atom. The van der Waals surface area contributed by atoms with Crippen LogP contribution in [0.15, 0.2) is 79.0 Å². The van der Waals surface area contributed by atoms with Gasteiger partial charge in [-0.15, -0.1) is 0 Å². The van der Waals surface area contributed by atoms with Gasteiger partial charge in [0.15, 0.2) is 0 Å². The summed E-state index contributed by atoms with van der Waals surface area (Å²) in [7, 11) is -4.86. The number of carbonyl (C=O) groups excluding carboxylic acids is 1. The number of benzene rings is 4. The van der Waals surface area contributed by atoms with Gasteiger partial charge < -0.3 is 9.26 Å². The molecule has 1 aliphatic heterocycles. The van der Waals surface area contributed by atoms with Crippen LogP contribution in [0.3, 0.4) is 0 Å². The van der Waals surface area contributed by atoms with Gasteiger partial charge in [-0.05, 0) is 104 Å². The molecule has 0 saturated heterocycles. The van der Waals surface area contributed by atoms with Gasteiger partial charge in [0, 0.05) is 35.8 Å². The molecule has 4 aromatic carbocycles. The quantitative estimate of drug-likeness (QED) is 0.103. The smallest absolute Gasteiger partial charge is 0.444 e. The number of phosphoric acid groups is 1. The van der Waals surface area contributed by atoms with E-state index in [9.17, 15) is 22.5 Å². The van der Waals surface area contributed by atoms with Gasteiger partial charge in [-0.3, -0.25) is 14.7 Å².